The van der Waals surface area contributed by atoms with E-state index in [1.165, 1.54) is 0 Å². The number of carbonyl (C=O) groups is 1. The van der Waals surface area contributed by atoms with E-state index in [0.717, 1.165) is 29.1 Å². The Labute approximate surface area is 87.5 Å². The molecule has 1 aromatic carbocycles. The van der Waals surface area contributed by atoms with Gasteiger partial charge in [0, 0.05) is 18.4 Å². The maximum absolute atomic E-state index is 11.5. The first-order valence-electron chi connectivity index (χ1n) is 5.06. The highest BCUT2D eigenvalue weighted by molar-refractivity contribution is 6.00. The number of carbonyl (C=O) groups excluding carboxylic acids is 1. The molecule has 0 radical (unpaired) electrons. The zero-order valence-electron chi connectivity index (χ0n) is 8.19. The van der Waals surface area contributed by atoms with Gasteiger partial charge in [0.05, 0.1) is 5.56 Å². The molecule has 0 unspecified atom stereocenters. The second kappa shape index (κ2) is 3.09. The minimum Gasteiger partial charge on any atom is -0.460 e. The molecule has 0 saturated carbocycles. The Hall–Kier alpha value is -1.83. The van der Waals surface area contributed by atoms with E-state index in [4.69, 9.17) is 4.42 Å². The number of benzene rings is 1. The van der Waals surface area contributed by atoms with E-state index in [2.05, 4.69) is 0 Å². The quantitative estimate of drug-likeness (QED) is 0.704. The lowest BCUT2D eigenvalue weighted by Gasteiger charge is -1.95. The Kier molecular flexibility index (Phi) is 1.75. The molecule has 1 heterocycles. The second-order valence-electron chi connectivity index (χ2n) is 3.74. The lowest BCUT2D eigenvalue weighted by Crippen LogP contribution is -1.87. The number of ketones is 1. The molecule has 0 amide bonds. The minimum atomic E-state index is 0.205. The largest absolute Gasteiger partial charge is 0.460 e. The summed E-state index contributed by atoms with van der Waals surface area (Å²) in [5, 5.41) is 0. The van der Waals surface area contributed by atoms with Gasteiger partial charge in [-0.3, -0.25) is 4.79 Å². The molecule has 0 aliphatic heterocycles. The number of furan rings is 1. The summed E-state index contributed by atoms with van der Waals surface area (Å²) in [7, 11) is 0. The lowest BCUT2D eigenvalue weighted by molar-refractivity contribution is 0.0994. The normalized spacial score (nSPS) is 14.3. The van der Waals surface area contributed by atoms with Crippen molar-refractivity contribution in [1.82, 2.24) is 0 Å². The van der Waals surface area contributed by atoms with Crippen LogP contribution in [0.1, 0.15) is 22.5 Å². The van der Waals surface area contributed by atoms with Crippen molar-refractivity contribution in [2.75, 3.05) is 0 Å². The van der Waals surface area contributed by atoms with Gasteiger partial charge in [0.1, 0.15) is 11.5 Å². The van der Waals surface area contributed by atoms with Crippen molar-refractivity contribution in [2.45, 2.75) is 12.8 Å². The number of aryl methyl sites for hydroxylation is 1. The van der Waals surface area contributed by atoms with E-state index < -0.39 is 0 Å². The summed E-state index contributed by atoms with van der Waals surface area (Å²) in [6, 6.07) is 11.7. The van der Waals surface area contributed by atoms with Gasteiger partial charge in [-0.25, -0.2) is 0 Å². The summed E-state index contributed by atoms with van der Waals surface area (Å²) >= 11 is 0. The highest BCUT2D eigenvalue weighted by Crippen LogP contribution is 2.30. The molecule has 74 valence electrons. The van der Waals surface area contributed by atoms with E-state index in [-0.39, 0.29) is 5.78 Å². The first-order chi connectivity index (χ1) is 7.34. The maximum atomic E-state index is 11.5. The van der Waals surface area contributed by atoms with Gasteiger partial charge in [0.15, 0.2) is 5.78 Å². The van der Waals surface area contributed by atoms with Crippen LogP contribution in [0.3, 0.4) is 0 Å². The Morgan fingerprint density at radius 1 is 1.07 bits per heavy atom. The van der Waals surface area contributed by atoms with Crippen molar-refractivity contribution < 1.29 is 9.21 Å². The summed E-state index contributed by atoms with van der Waals surface area (Å²) in [4.78, 5) is 11.5. The first-order valence-corrected chi connectivity index (χ1v) is 5.06. The van der Waals surface area contributed by atoms with Gasteiger partial charge in [0.25, 0.3) is 0 Å². The summed E-state index contributed by atoms with van der Waals surface area (Å²) in [5.41, 5.74) is 1.80. The summed E-state index contributed by atoms with van der Waals surface area (Å²) in [5.74, 6) is 1.85. The number of Topliss-reactive ketones (excluding diaryl/α,β-unsaturated/α-hetero) is 1. The van der Waals surface area contributed by atoms with Crippen LogP contribution in [0, 0.1) is 0 Å². The molecular formula is C13H10O2. The molecule has 2 nitrogen and oxygen atoms in total. The molecule has 0 bridgehead atoms. The summed E-state index contributed by atoms with van der Waals surface area (Å²) in [6.45, 7) is 0. The molecule has 0 atom stereocenters. The molecule has 2 aromatic rings. The van der Waals surface area contributed by atoms with Crippen LogP contribution in [0.25, 0.3) is 11.3 Å². The van der Waals surface area contributed by atoms with E-state index in [0.29, 0.717) is 6.42 Å². The van der Waals surface area contributed by atoms with Crippen molar-refractivity contribution in [3.63, 3.8) is 0 Å². The van der Waals surface area contributed by atoms with Gasteiger partial charge in [-0.15, -0.1) is 0 Å². The molecule has 3 rings (SSSR count). The fourth-order valence-corrected chi connectivity index (χ4v) is 1.96. The number of hydrogen-bond acceptors (Lipinski definition) is 2. The van der Waals surface area contributed by atoms with Gasteiger partial charge < -0.3 is 4.42 Å². The van der Waals surface area contributed by atoms with Crippen LogP contribution in [-0.2, 0) is 6.42 Å². The average Bonchev–Trinajstić information content (AvgIpc) is 2.83. The zero-order chi connectivity index (χ0) is 10.3. The second-order valence-corrected chi connectivity index (χ2v) is 3.74. The molecule has 15 heavy (non-hydrogen) atoms. The van der Waals surface area contributed by atoms with Gasteiger partial charge in [-0.2, -0.15) is 0 Å². The van der Waals surface area contributed by atoms with Crippen LogP contribution in [0.4, 0.5) is 0 Å². The zero-order valence-corrected chi connectivity index (χ0v) is 8.19. The number of rotatable bonds is 1. The molecule has 1 aromatic heterocycles. The Morgan fingerprint density at radius 3 is 2.60 bits per heavy atom. The van der Waals surface area contributed by atoms with E-state index >= 15 is 0 Å². The smallest absolute Gasteiger partial charge is 0.166 e. The number of fused-ring (bicyclic) bond motifs is 1. The fourth-order valence-electron chi connectivity index (χ4n) is 1.96. The predicted molar refractivity (Wildman–Crippen MR) is 56.8 cm³/mol. The van der Waals surface area contributed by atoms with Crippen molar-refractivity contribution in [2.24, 2.45) is 0 Å². The molecule has 0 N–H and O–H groups in total. The first kappa shape index (κ1) is 8.48. The van der Waals surface area contributed by atoms with Crippen LogP contribution in [-0.4, -0.2) is 5.78 Å². The monoisotopic (exact) mass is 198 g/mol. The van der Waals surface area contributed by atoms with Gasteiger partial charge in [-0.05, 0) is 6.07 Å². The molecule has 1 aliphatic carbocycles. The van der Waals surface area contributed by atoms with Crippen LogP contribution in [0.5, 0.6) is 0 Å². The highest BCUT2D eigenvalue weighted by Gasteiger charge is 2.24. The molecule has 0 spiro atoms. The van der Waals surface area contributed by atoms with Gasteiger partial charge >= 0.3 is 0 Å². The Balaban J connectivity index is 2.09. The average molecular weight is 198 g/mol. The van der Waals surface area contributed by atoms with Gasteiger partial charge in [-0.1, -0.05) is 30.3 Å². The molecule has 0 saturated heterocycles. The maximum Gasteiger partial charge on any atom is 0.166 e. The standard InChI is InChI=1S/C13H10O2/c14-11-6-7-12-10(11)8-13(15-12)9-4-2-1-3-5-9/h1-5,8H,6-7H2. The van der Waals surface area contributed by atoms with Crippen molar-refractivity contribution in [3.8, 4) is 11.3 Å². The highest BCUT2D eigenvalue weighted by atomic mass is 16.3. The van der Waals surface area contributed by atoms with Crippen LogP contribution in [0.2, 0.25) is 0 Å². The molecule has 2 heteroatoms. The van der Waals surface area contributed by atoms with Crippen molar-refractivity contribution >= 4 is 5.78 Å². The molecule has 0 fully saturated rings. The van der Waals surface area contributed by atoms with Crippen molar-refractivity contribution in [1.29, 1.82) is 0 Å². The third-order valence-electron chi connectivity index (χ3n) is 2.75. The SMILES string of the molecule is O=C1CCc2oc(-c3ccccc3)cc21. The predicted octanol–water partition coefficient (Wildman–Crippen LogP) is 3.08. The topological polar surface area (TPSA) is 30.2 Å². The molecule has 1 aliphatic rings. The third kappa shape index (κ3) is 1.30. The molecular weight excluding hydrogens is 188 g/mol. The summed E-state index contributed by atoms with van der Waals surface area (Å²) < 4.78 is 5.66. The number of hydrogen-bond donors (Lipinski definition) is 0. The minimum absolute atomic E-state index is 0.205. The van der Waals surface area contributed by atoms with E-state index in [9.17, 15) is 4.79 Å². The van der Waals surface area contributed by atoms with E-state index in [1.807, 2.05) is 36.4 Å². The summed E-state index contributed by atoms with van der Waals surface area (Å²) in [6.07, 6.45) is 1.35. The third-order valence-corrected chi connectivity index (χ3v) is 2.75. The van der Waals surface area contributed by atoms with Crippen LogP contribution in [0.15, 0.2) is 40.8 Å². The lowest BCUT2D eigenvalue weighted by atomic mass is 10.1. The van der Waals surface area contributed by atoms with Crippen molar-refractivity contribution in [3.05, 3.63) is 47.7 Å². The van der Waals surface area contributed by atoms with Gasteiger partial charge in [0.2, 0.25) is 0 Å². The Bertz CT molecular complexity index is 509. The van der Waals surface area contributed by atoms with E-state index in [1.54, 1.807) is 0 Å². The fraction of sp³-hybridized carbons (Fsp3) is 0.154. The Morgan fingerprint density at radius 2 is 1.87 bits per heavy atom. The van der Waals surface area contributed by atoms with Crippen LogP contribution >= 0.6 is 0 Å². The van der Waals surface area contributed by atoms with Crippen LogP contribution < -0.4 is 0 Å².